The van der Waals surface area contributed by atoms with Crippen LogP contribution in [0, 0.1) is 17.0 Å². The van der Waals surface area contributed by atoms with Crippen LogP contribution in [0.5, 0.6) is 0 Å². The lowest BCUT2D eigenvalue weighted by atomic mass is 9.85. The Bertz CT molecular complexity index is 481. The Hall–Kier alpha value is -1.53. The summed E-state index contributed by atoms with van der Waals surface area (Å²) in [5.74, 6) is -2.57. The Balaban J connectivity index is 2.19. The Labute approximate surface area is 103 Å². The summed E-state index contributed by atoms with van der Waals surface area (Å²) in [6.45, 7) is 2.07. The number of anilines is 1. The first kappa shape index (κ1) is 12.9. The number of carbonyl (C=O) groups is 1. The molecule has 18 heavy (non-hydrogen) atoms. The Morgan fingerprint density at radius 2 is 2.28 bits per heavy atom. The molecule has 1 fully saturated rings. The van der Waals surface area contributed by atoms with Crippen molar-refractivity contribution in [2.24, 2.45) is 11.1 Å². The van der Waals surface area contributed by atoms with Gasteiger partial charge in [-0.05, 0) is 19.1 Å². The van der Waals surface area contributed by atoms with Crippen molar-refractivity contribution in [2.75, 3.05) is 18.5 Å². The molecule has 1 saturated heterocycles. The molecule has 6 heteroatoms. The number of halogens is 2. The van der Waals surface area contributed by atoms with Crippen LogP contribution < -0.4 is 11.1 Å². The molecule has 2 atom stereocenters. The molecule has 0 aliphatic carbocycles. The quantitative estimate of drug-likeness (QED) is 0.837. The lowest BCUT2D eigenvalue weighted by Crippen LogP contribution is -2.47. The maximum atomic E-state index is 13.4. The Morgan fingerprint density at radius 3 is 2.89 bits per heavy atom. The van der Waals surface area contributed by atoms with Crippen LogP contribution in [0.4, 0.5) is 14.5 Å². The standard InChI is InChI=1S/C12H14F2N2O2/c1-12(6-18-5-9(12)15)11(17)16-8-4-2-3-7(13)10(8)14/h2-4,9H,5-6,15H2,1H3,(H,16,17). The van der Waals surface area contributed by atoms with E-state index in [4.69, 9.17) is 10.5 Å². The third-order valence-electron chi connectivity index (χ3n) is 3.24. The van der Waals surface area contributed by atoms with E-state index in [9.17, 15) is 13.6 Å². The number of nitrogens with two attached hydrogens (primary N) is 1. The molecule has 0 saturated carbocycles. The van der Waals surface area contributed by atoms with Crippen molar-refractivity contribution in [3.8, 4) is 0 Å². The summed E-state index contributed by atoms with van der Waals surface area (Å²) in [5.41, 5.74) is 4.66. The van der Waals surface area contributed by atoms with Crippen molar-refractivity contribution in [1.82, 2.24) is 0 Å². The third-order valence-corrected chi connectivity index (χ3v) is 3.24. The Kier molecular flexibility index (Phi) is 3.32. The molecule has 1 aliphatic rings. The molecule has 1 amide bonds. The molecular formula is C12H14F2N2O2. The second kappa shape index (κ2) is 4.62. The summed E-state index contributed by atoms with van der Waals surface area (Å²) in [6, 6.07) is 3.13. The zero-order chi connectivity index (χ0) is 13.3. The number of carbonyl (C=O) groups excluding carboxylic acids is 1. The van der Waals surface area contributed by atoms with E-state index in [0.717, 1.165) is 6.07 Å². The second-order valence-electron chi connectivity index (χ2n) is 4.59. The van der Waals surface area contributed by atoms with Gasteiger partial charge in [0.2, 0.25) is 5.91 Å². The van der Waals surface area contributed by atoms with E-state index < -0.39 is 29.0 Å². The predicted octanol–water partition coefficient (Wildman–Crippen LogP) is 1.27. The van der Waals surface area contributed by atoms with Gasteiger partial charge >= 0.3 is 0 Å². The van der Waals surface area contributed by atoms with E-state index in [0.29, 0.717) is 0 Å². The summed E-state index contributed by atoms with van der Waals surface area (Å²) in [6.07, 6.45) is 0. The topological polar surface area (TPSA) is 64.3 Å². The number of hydrogen-bond acceptors (Lipinski definition) is 3. The fourth-order valence-electron chi connectivity index (χ4n) is 1.79. The summed E-state index contributed by atoms with van der Waals surface area (Å²) in [7, 11) is 0. The zero-order valence-electron chi connectivity index (χ0n) is 9.87. The first-order chi connectivity index (χ1) is 8.45. The van der Waals surface area contributed by atoms with Crippen LogP contribution in [0.3, 0.4) is 0 Å². The summed E-state index contributed by atoms with van der Waals surface area (Å²) >= 11 is 0. The third kappa shape index (κ3) is 2.09. The van der Waals surface area contributed by atoms with Crippen molar-refractivity contribution in [2.45, 2.75) is 13.0 Å². The van der Waals surface area contributed by atoms with Gasteiger partial charge in [0.25, 0.3) is 0 Å². The minimum atomic E-state index is -1.08. The minimum Gasteiger partial charge on any atom is -0.379 e. The normalized spacial score (nSPS) is 27.2. The highest BCUT2D eigenvalue weighted by Gasteiger charge is 2.44. The number of benzene rings is 1. The van der Waals surface area contributed by atoms with Crippen molar-refractivity contribution in [3.63, 3.8) is 0 Å². The molecule has 1 aromatic rings. The van der Waals surface area contributed by atoms with Crippen LogP contribution in [-0.4, -0.2) is 25.2 Å². The SMILES string of the molecule is CC1(C(=O)Nc2cccc(F)c2F)COCC1N. The molecule has 1 heterocycles. The lowest BCUT2D eigenvalue weighted by Gasteiger charge is -2.25. The number of ether oxygens (including phenoxy) is 1. The van der Waals surface area contributed by atoms with Gasteiger partial charge in [-0.15, -0.1) is 0 Å². The van der Waals surface area contributed by atoms with Crippen LogP contribution in [0.15, 0.2) is 18.2 Å². The number of nitrogens with one attached hydrogen (secondary N) is 1. The molecule has 4 nitrogen and oxygen atoms in total. The molecule has 0 spiro atoms. The van der Waals surface area contributed by atoms with E-state index in [-0.39, 0.29) is 18.9 Å². The highest BCUT2D eigenvalue weighted by Crippen LogP contribution is 2.29. The molecule has 98 valence electrons. The van der Waals surface area contributed by atoms with Crippen LogP contribution >= 0.6 is 0 Å². The highest BCUT2D eigenvalue weighted by atomic mass is 19.2. The largest absolute Gasteiger partial charge is 0.379 e. The van der Waals surface area contributed by atoms with Gasteiger partial charge in [-0.3, -0.25) is 4.79 Å². The monoisotopic (exact) mass is 256 g/mol. The van der Waals surface area contributed by atoms with Crippen LogP contribution in [-0.2, 0) is 9.53 Å². The van der Waals surface area contributed by atoms with Gasteiger partial charge in [-0.25, -0.2) is 8.78 Å². The molecule has 0 bridgehead atoms. The van der Waals surface area contributed by atoms with E-state index in [1.165, 1.54) is 12.1 Å². The average Bonchev–Trinajstić information content (AvgIpc) is 2.67. The predicted molar refractivity (Wildman–Crippen MR) is 61.9 cm³/mol. The summed E-state index contributed by atoms with van der Waals surface area (Å²) in [5, 5.41) is 2.35. The number of rotatable bonds is 2. The molecule has 1 aromatic carbocycles. The van der Waals surface area contributed by atoms with E-state index in [1.807, 2.05) is 0 Å². The molecule has 2 unspecified atom stereocenters. The van der Waals surface area contributed by atoms with Gasteiger partial charge in [0.05, 0.1) is 24.3 Å². The van der Waals surface area contributed by atoms with Crippen molar-refractivity contribution >= 4 is 11.6 Å². The van der Waals surface area contributed by atoms with E-state index in [1.54, 1.807) is 6.92 Å². The van der Waals surface area contributed by atoms with Gasteiger partial charge in [0.1, 0.15) is 0 Å². The van der Waals surface area contributed by atoms with Gasteiger partial charge in [-0.2, -0.15) is 0 Å². The molecule has 0 aromatic heterocycles. The lowest BCUT2D eigenvalue weighted by molar-refractivity contribution is -0.125. The van der Waals surface area contributed by atoms with Crippen LogP contribution in [0.25, 0.3) is 0 Å². The zero-order valence-corrected chi connectivity index (χ0v) is 9.87. The average molecular weight is 256 g/mol. The van der Waals surface area contributed by atoms with Crippen molar-refractivity contribution < 1.29 is 18.3 Å². The van der Waals surface area contributed by atoms with Gasteiger partial charge in [0.15, 0.2) is 11.6 Å². The Morgan fingerprint density at radius 1 is 1.56 bits per heavy atom. The fourth-order valence-corrected chi connectivity index (χ4v) is 1.79. The minimum absolute atomic E-state index is 0.164. The van der Waals surface area contributed by atoms with Crippen LogP contribution in [0.2, 0.25) is 0 Å². The maximum absolute atomic E-state index is 13.4. The summed E-state index contributed by atoms with van der Waals surface area (Å²) < 4.78 is 31.6. The first-order valence-corrected chi connectivity index (χ1v) is 5.54. The fraction of sp³-hybridized carbons (Fsp3) is 0.417. The maximum Gasteiger partial charge on any atom is 0.234 e. The molecule has 1 aliphatic heterocycles. The number of hydrogen-bond donors (Lipinski definition) is 2. The van der Waals surface area contributed by atoms with Crippen LogP contribution in [0.1, 0.15) is 6.92 Å². The van der Waals surface area contributed by atoms with Gasteiger partial charge in [0, 0.05) is 6.04 Å². The van der Waals surface area contributed by atoms with E-state index in [2.05, 4.69) is 5.32 Å². The smallest absolute Gasteiger partial charge is 0.234 e. The summed E-state index contributed by atoms with van der Waals surface area (Å²) in [4.78, 5) is 12.1. The van der Waals surface area contributed by atoms with E-state index >= 15 is 0 Å². The molecule has 0 radical (unpaired) electrons. The number of amides is 1. The molecular weight excluding hydrogens is 242 g/mol. The van der Waals surface area contributed by atoms with Gasteiger partial charge in [-0.1, -0.05) is 6.07 Å². The molecule has 2 rings (SSSR count). The van der Waals surface area contributed by atoms with Crippen molar-refractivity contribution in [1.29, 1.82) is 0 Å². The van der Waals surface area contributed by atoms with Gasteiger partial charge < -0.3 is 15.8 Å². The molecule has 3 N–H and O–H groups in total. The highest BCUT2D eigenvalue weighted by molar-refractivity contribution is 5.96. The second-order valence-corrected chi connectivity index (χ2v) is 4.59. The van der Waals surface area contributed by atoms with Crippen molar-refractivity contribution in [3.05, 3.63) is 29.8 Å². The first-order valence-electron chi connectivity index (χ1n) is 5.54.